The van der Waals surface area contributed by atoms with Gasteiger partial charge in [0.1, 0.15) is 18.3 Å². The molecule has 0 bridgehead atoms. The molecule has 1 N–H and O–H groups in total. The van der Waals surface area contributed by atoms with Gasteiger partial charge in [0.25, 0.3) is 0 Å². The summed E-state index contributed by atoms with van der Waals surface area (Å²) in [6, 6.07) is 13.6. The molecule has 0 saturated heterocycles. The van der Waals surface area contributed by atoms with Crippen LogP contribution in [0.1, 0.15) is 22.7 Å². The number of halogens is 4. The largest absolute Gasteiger partial charge is 0.485 e. The van der Waals surface area contributed by atoms with Crippen molar-refractivity contribution >= 4 is 22.6 Å². The van der Waals surface area contributed by atoms with Crippen molar-refractivity contribution in [2.45, 2.75) is 18.8 Å². The number of aromatic nitrogens is 2. The minimum Gasteiger partial charge on any atom is -0.485 e. The zero-order valence-corrected chi connectivity index (χ0v) is 17.7. The quantitative estimate of drug-likeness (QED) is 0.291. The lowest BCUT2D eigenvalue weighted by atomic mass is 9.98. The molecule has 33 heavy (non-hydrogen) atoms. The predicted octanol–water partition coefficient (Wildman–Crippen LogP) is 6.59. The maximum Gasteiger partial charge on any atom is 0.422 e. The van der Waals surface area contributed by atoms with Crippen molar-refractivity contribution in [1.29, 1.82) is 0 Å². The van der Waals surface area contributed by atoms with Gasteiger partial charge in [0.2, 0.25) is 0 Å². The molecule has 0 aliphatic carbocycles. The van der Waals surface area contributed by atoms with Crippen molar-refractivity contribution in [2.75, 3.05) is 6.61 Å². The van der Waals surface area contributed by atoms with Crippen LogP contribution in [0.2, 0.25) is 5.02 Å². The van der Waals surface area contributed by atoms with Crippen LogP contribution >= 0.6 is 11.6 Å². The number of benzene rings is 2. The summed E-state index contributed by atoms with van der Waals surface area (Å²) in [6.45, 7) is -1.50. The van der Waals surface area contributed by atoms with Crippen LogP contribution < -0.4 is 9.47 Å². The number of para-hydroxylation sites is 1. The van der Waals surface area contributed by atoms with Crippen LogP contribution in [0, 0.1) is 4.91 Å². The van der Waals surface area contributed by atoms with Gasteiger partial charge in [-0.2, -0.15) is 13.2 Å². The minimum absolute atomic E-state index is 0.0540. The highest BCUT2D eigenvalue weighted by Gasteiger charge is 2.31. The van der Waals surface area contributed by atoms with Crippen LogP contribution in [-0.4, -0.2) is 22.8 Å². The molecule has 0 aliphatic heterocycles. The number of nitroso groups, excluding NO2 is 1. The first-order valence-corrected chi connectivity index (χ1v) is 10.2. The van der Waals surface area contributed by atoms with Crippen LogP contribution in [-0.2, 0) is 6.61 Å². The van der Waals surface area contributed by atoms with Crippen molar-refractivity contribution in [1.82, 2.24) is 9.97 Å². The number of H-pyrrole nitrogens is 1. The molecule has 2 aromatic carbocycles. The molecule has 0 amide bonds. The number of hydrogen-bond donors (Lipinski definition) is 1. The van der Waals surface area contributed by atoms with Crippen molar-refractivity contribution in [3.05, 3.63) is 93.6 Å². The van der Waals surface area contributed by atoms with Crippen LogP contribution in [0.15, 0.2) is 72.2 Å². The van der Waals surface area contributed by atoms with E-state index in [4.69, 9.17) is 21.1 Å². The summed E-state index contributed by atoms with van der Waals surface area (Å²) in [5.74, 6) is -0.148. The van der Waals surface area contributed by atoms with Gasteiger partial charge in [-0.1, -0.05) is 41.0 Å². The van der Waals surface area contributed by atoms with E-state index in [2.05, 4.69) is 15.1 Å². The molecular weight excluding hydrogens is 459 g/mol. The van der Waals surface area contributed by atoms with E-state index in [1.54, 1.807) is 54.9 Å². The highest BCUT2D eigenvalue weighted by atomic mass is 35.5. The predicted molar refractivity (Wildman–Crippen MR) is 118 cm³/mol. The second-order valence-corrected chi connectivity index (χ2v) is 7.58. The number of nitrogens with zero attached hydrogens (tertiary/aromatic N) is 2. The van der Waals surface area contributed by atoms with Gasteiger partial charge in [-0.05, 0) is 35.9 Å². The second kappa shape index (κ2) is 9.50. The maximum atomic E-state index is 13.0. The highest BCUT2D eigenvalue weighted by Crippen LogP contribution is 2.42. The Morgan fingerprint density at radius 3 is 2.55 bits per heavy atom. The fraction of sp³-hybridized carbons (Fsp3) is 0.174. The number of nitrogens with one attached hydrogen (secondary N) is 1. The molecule has 4 aromatic rings. The molecule has 0 aliphatic rings. The smallest absolute Gasteiger partial charge is 0.422 e. The van der Waals surface area contributed by atoms with Crippen LogP contribution in [0.5, 0.6) is 11.5 Å². The topological polar surface area (TPSA) is 76.6 Å². The Morgan fingerprint density at radius 1 is 1.03 bits per heavy atom. The number of ether oxygens (including phenoxy) is 2. The summed E-state index contributed by atoms with van der Waals surface area (Å²) in [7, 11) is 0. The Labute approximate surface area is 191 Å². The summed E-state index contributed by atoms with van der Waals surface area (Å²) in [5, 5.41) is 4.36. The summed E-state index contributed by atoms with van der Waals surface area (Å²) < 4.78 is 49.9. The van der Waals surface area contributed by atoms with Crippen molar-refractivity contribution < 1.29 is 22.6 Å². The Balaban J connectivity index is 1.73. The first-order chi connectivity index (χ1) is 15.9. The average Bonchev–Trinajstić information content (AvgIpc) is 3.22. The van der Waals surface area contributed by atoms with E-state index in [1.807, 2.05) is 0 Å². The molecule has 10 heteroatoms. The maximum absolute atomic E-state index is 13.0. The van der Waals surface area contributed by atoms with Crippen molar-refractivity contribution in [3.63, 3.8) is 0 Å². The monoisotopic (exact) mass is 475 g/mol. The van der Waals surface area contributed by atoms with Gasteiger partial charge < -0.3 is 14.5 Å². The Bertz CT molecular complexity index is 1260. The van der Waals surface area contributed by atoms with E-state index in [-0.39, 0.29) is 23.7 Å². The van der Waals surface area contributed by atoms with Gasteiger partial charge in [-0.25, -0.2) is 4.98 Å². The number of alkyl halides is 3. The molecule has 170 valence electrons. The first kappa shape index (κ1) is 22.6. The molecule has 1 unspecified atom stereocenters. The fourth-order valence-corrected chi connectivity index (χ4v) is 3.52. The molecule has 0 saturated carbocycles. The third kappa shape index (κ3) is 5.25. The van der Waals surface area contributed by atoms with Gasteiger partial charge in [0.15, 0.2) is 18.1 Å². The van der Waals surface area contributed by atoms with Crippen molar-refractivity contribution in [3.8, 4) is 11.5 Å². The van der Waals surface area contributed by atoms with E-state index in [9.17, 15) is 18.1 Å². The molecular formula is C23H17ClF3N3O3. The number of hydrogen-bond acceptors (Lipinski definition) is 5. The molecule has 0 radical (unpaired) electrons. The molecule has 1 atom stereocenters. The lowest BCUT2D eigenvalue weighted by molar-refractivity contribution is -0.153. The Morgan fingerprint density at radius 2 is 1.82 bits per heavy atom. The number of pyridine rings is 1. The van der Waals surface area contributed by atoms with Crippen LogP contribution in [0.25, 0.3) is 11.0 Å². The Kier molecular flexibility index (Phi) is 6.50. The zero-order chi connectivity index (χ0) is 23.4. The van der Waals surface area contributed by atoms with E-state index in [0.717, 1.165) is 5.56 Å². The van der Waals surface area contributed by atoms with Crippen molar-refractivity contribution in [2.24, 2.45) is 5.18 Å². The molecule has 0 spiro atoms. The summed E-state index contributed by atoms with van der Waals surface area (Å²) in [6.07, 6.45) is -1.46. The zero-order valence-electron chi connectivity index (χ0n) is 17.0. The lowest BCUT2D eigenvalue weighted by Crippen LogP contribution is -2.20. The molecule has 6 nitrogen and oxygen atoms in total. The fourth-order valence-electron chi connectivity index (χ4n) is 3.40. The summed E-state index contributed by atoms with van der Waals surface area (Å²) in [5.41, 5.74) is 1.88. The van der Waals surface area contributed by atoms with Crippen LogP contribution in [0.4, 0.5) is 13.2 Å². The first-order valence-electron chi connectivity index (χ1n) is 9.80. The lowest BCUT2D eigenvalue weighted by Gasteiger charge is -2.19. The second-order valence-electron chi connectivity index (χ2n) is 7.15. The third-order valence-corrected chi connectivity index (χ3v) is 5.13. The highest BCUT2D eigenvalue weighted by molar-refractivity contribution is 6.30. The average molecular weight is 476 g/mol. The molecule has 2 heterocycles. The molecule has 2 aromatic heterocycles. The van der Waals surface area contributed by atoms with E-state index < -0.39 is 18.8 Å². The standard InChI is InChI=1S/C23H17ClF3N3O3/c24-15-8-6-14(7-9-15)12-32-19-5-1-3-17(21(19)33-13-23(25,26)27)20(30-31)18-11-29-22-16(18)4-2-10-28-22/h1-11,20H,12-13H2,(H,28,29). The molecule has 4 rings (SSSR count). The van der Waals surface area contributed by atoms with E-state index >= 15 is 0 Å². The SMILES string of the molecule is O=NC(c1cccc(OCc2ccc(Cl)cc2)c1OCC(F)(F)F)c1c[nH]c2ncccc12. The number of aromatic amines is 1. The minimum atomic E-state index is -4.59. The summed E-state index contributed by atoms with van der Waals surface area (Å²) >= 11 is 5.89. The van der Waals surface area contributed by atoms with Gasteiger partial charge in [0.05, 0.1) is 0 Å². The normalized spacial score (nSPS) is 12.5. The van der Waals surface area contributed by atoms with Crippen LogP contribution in [0.3, 0.4) is 0 Å². The van der Waals surface area contributed by atoms with Gasteiger partial charge in [-0.15, -0.1) is 4.91 Å². The summed E-state index contributed by atoms with van der Waals surface area (Å²) in [4.78, 5) is 19.0. The van der Waals surface area contributed by atoms with Gasteiger partial charge in [-0.3, -0.25) is 0 Å². The van der Waals surface area contributed by atoms with E-state index in [0.29, 0.717) is 21.6 Å². The Hall–Kier alpha value is -3.59. The van der Waals surface area contributed by atoms with Gasteiger partial charge >= 0.3 is 6.18 Å². The third-order valence-electron chi connectivity index (χ3n) is 4.87. The van der Waals surface area contributed by atoms with E-state index in [1.165, 1.54) is 12.1 Å². The number of fused-ring (bicyclic) bond motifs is 1. The molecule has 0 fully saturated rings. The number of rotatable bonds is 8. The van der Waals surface area contributed by atoms with Gasteiger partial charge in [0, 0.05) is 33.9 Å².